The van der Waals surface area contributed by atoms with E-state index >= 15 is 0 Å². The molecule has 0 aliphatic carbocycles. The molecule has 0 bridgehead atoms. The van der Waals surface area contributed by atoms with E-state index in [1.807, 2.05) is 18.2 Å². The van der Waals surface area contributed by atoms with Gasteiger partial charge in [0, 0.05) is 32.6 Å². The molecule has 116 valence electrons. The highest BCUT2D eigenvalue weighted by Crippen LogP contribution is 2.36. The fourth-order valence-corrected chi connectivity index (χ4v) is 3.03. The molecule has 2 N–H and O–H groups in total. The highest BCUT2D eigenvalue weighted by atomic mass is 16.5. The smallest absolute Gasteiger partial charge is 0.161 e. The molecule has 2 aliphatic rings. The zero-order valence-corrected chi connectivity index (χ0v) is 12.6. The lowest BCUT2D eigenvalue weighted by molar-refractivity contribution is 0.0309. The second-order valence-electron chi connectivity index (χ2n) is 5.88. The van der Waals surface area contributed by atoms with Crippen LogP contribution in [0, 0.1) is 0 Å². The maximum Gasteiger partial charge on any atom is 0.161 e. The minimum absolute atomic E-state index is 0.0899. The number of nitrogens with zero attached hydrogens (tertiary/aromatic N) is 1. The Kier molecular flexibility index (Phi) is 4.33. The van der Waals surface area contributed by atoms with Crippen molar-refractivity contribution in [3.05, 3.63) is 23.8 Å². The zero-order chi connectivity index (χ0) is 14.7. The maximum absolute atomic E-state index is 10.0. The minimum Gasteiger partial charge on any atom is -0.490 e. The molecule has 1 fully saturated rings. The molecule has 0 aromatic heterocycles. The van der Waals surface area contributed by atoms with E-state index in [4.69, 9.17) is 9.47 Å². The molecule has 5 nitrogen and oxygen atoms in total. The second kappa shape index (κ2) is 6.22. The minimum atomic E-state index is -0.382. The molecular formula is C16H24N2O3. The van der Waals surface area contributed by atoms with E-state index in [2.05, 4.69) is 17.1 Å². The Morgan fingerprint density at radius 1 is 1.19 bits per heavy atom. The predicted molar refractivity (Wildman–Crippen MR) is 80.9 cm³/mol. The van der Waals surface area contributed by atoms with Gasteiger partial charge < -0.3 is 19.9 Å². The van der Waals surface area contributed by atoms with Crippen LogP contribution < -0.4 is 14.8 Å². The van der Waals surface area contributed by atoms with Gasteiger partial charge >= 0.3 is 0 Å². The Balaban J connectivity index is 1.91. The normalized spacial score (nSPS) is 22.4. The van der Waals surface area contributed by atoms with Gasteiger partial charge in [0.2, 0.25) is 0 Å². The number of hydrogen-bond donors (Lipinski definition) is 2. The molecular weight excluding hydrogens is 268 g/mol. The van der Waals surface area contributed by atoms with Crippen molar-refractivity contribution in [1.82, 2.24) is 10.2 Å². The third-order valence-corrected chi connectivity index (χ3v) is 4.49. The van der Waals surface area contributed by atoms with Crippen LogP contribution >= 0.6 is 0 Å². The first-order chi connectivity index (χ1) is 10.2. The van der Waals surface area contributed by atoms with Gasteiger partial charge in [0.05, 0.1) is 25.4 Å². The van der Waals surface area contributed by atoms with Gasteiger partial charge in [-0.05, 0) is 24.6 Å². The number of hydrogen-bond acceptors (Lipinski definition) is 5. The summed E-state index contributed by atoms with van der Waals surface area (Å²) >= 11 is 0. The first kappa shape index (κ1) is 14.6. The van der Waals surface area contributed by atoms with Crippen molar-refractivity contribution in [2.45, 2.75) is 18.9 Å². The topological polar surface area (TPSA) is 54.0 Å². The van der Waals surface area contributed by atoms with E-state index in [1.54, 1.807) is 0 Å². The lowest BCUT2D eigenvalue weighted by Crippen LogP contribution is -2.54. The summed E-state index contributed by atoms with van der Waals surface area (Å²) < 4.78 is 11.5. The molecule has 21 heavy (non-hydrogen) atoms. The van der Waals surface area contributed by atoms with E-state index in [0.29, 0.717) is 13.2 Å². The summed E-state index contributed by atoms with van der Waals surface area (Å²) in [5.41, 5.74) is 0.698. The maximum atomic E-state index is 10.0. The zero-order valence-electron chi connectivity index (χ0n) is 12.6. The second-order valence-corrected chi connectivity index (χ2v) is 5.88. The Morgan fingerprint density at radius 2 is 1.90 bits per heavy atom. The Bertz CT molecular complexity index is 488. The molecule has 0 radical (unpaired) electrons. The van der Waals surface area contributed by atoms with Gasteiger partial charge in [-0.25, -0.2) is 0 Å². The fraction of sp³-hybridized carbons (Fsp3) is 0.625. The molecule has 1 aromatic carbocycles. The highest BCUT2D eigenvalue weighted by molar-refractivity contribution is 5.45. The SMILES string of the molecule is CC(CO)(c1ccc2c(c1)OCCCO2)N1CCNCC1. The van der Waals surface area contributed by atoms with Crippen molar-refractivity contribution in [2.24, 2.45) is 0 Å². The van der Waals surface area contributed by atoms with Crippen molar-refractivity contribution >= 4 is 0 Å². The monoisotopic (exact) mass is 292 g/mol. The number of aliphatic hydroxyl groups excluding tert-OH is 1. The molecule has 0 spiro atoms. The molecule has 2 heterocycles. The van der Waals surface area contributed by atoms with E-state index in [9.17, 15) is 5.11 Å². The van der Waals surface area contributed by atoms with Crippen LogP contribution in [0.15, 0.2) is 18.2 Å². The van der Waals surface area contributed by atoms with E-state index < -0.39 is 0 Å². The third kappa shape index (κ3) is 2.86. The average molecular weight is 292 g/mol. The van der Waals surface area contributed by atoms with Crippen molar-refractivity contribution in [3.8, 4) is 11.5 Å². The van der Waals surface area contributed by atoms with Gasteiger partial charge in [0.25, 0.3) is 0 Å². The number of ether oxygens (including phenoxy) is 2. The fourth-order valence-electron chi connectivity index (χ4n) is 3.03. The first-order valence-electron chi connectivity index (χ1n) is 7.71. The molecule has 1 atom stereocenters. The van der Waals surface area contributed by atoms with Crippen LogP contribution in [-0.4, -0.2) is 56.0 Å². The van der Waals surface area contributed by atoms with Crippen LogP contribution in [0.25, 0.3) is 0 Å². The molecule has 0 saturated carbocycles. The molecule has 1 saturated heterocycles. The standard InChI is InChI=1S/C16H24N2O3/c1-16(12-19,18-7-5-17-6-8-18)13-3-4-14-15(11-13)21-10-2-9-20-14/h3-4,11,17,19H,2,5-10,12H2,1H3. The third-order valence-electron chi connectivity index (χ3n) is 4.49. The van der Waals surface area contributed by atoms with Gasteiger partial charge in [-0.3, -0.25) is 4.90 Å². The molecule has 3 rings (SSSR count). The van der Waals surface area contributed by atoms with Gasteiger partial charge in [0.15, 0.2) is 11.5 Å². The molecule has 5 heteroatoms. The Hall–Kier alpha value is -1.30. The predicted octanol–water partition coefficient (Wildman–Crippen LogP) is 0.961. The van der Waals surface area contributed by atoms with Crippen LogP contribution in [0.5, 0.6) is 11.5 Å². The van der Waals surface area contributed by atoms with E-state index in [1.165, 1.54) is 0 Å². The highest BCUT2D eigenvalue weighted by Gasteiger charge is 2.34. The van der Waals surface area contributed by atoms with Gasteiger partial charge in [-0.1, -0.05) is 6.07 Å². The van der Waals surface area contributed by atoms with E-state index in [-0.39, 0.29) is 12.1 Å². The lowest BCUT2D eigenvalue weighted by Gasteiger charge is -2.43. The summed E-state index contributed by atoms with van der Waals surface area (Å²) in [6.45, 7) is 7.35. The van der Waals surface area contributed by atoms with Crippen LogP contribution in [0.3, 0.4) is 0 Å². The van der Waals surface area contributed by atoms with Gasteiger partial charge in [0.1, 0.15) is 0 Å². The number of nitrogens with one attached hydrogen (secondary N) is 1. The molecule has 1 unspecified atom stereocenters. The Labute approximate surface area is 125 Å². The number of rotatable bonds is 3. The summed E-state index contributed by atoms with van der Waals surface area (Å²) in [6, 6.07) is 6.04. The summed E-state index contributed by atoms with van der Waals surface area (Å²) in [5, 5.41) is 13.4. The van der Waals surface area contributed by atoms with Crippen LogP contribution in [0.1, 0.15) is 18.9 Å². The largest absolute Gasteiger partial charge is 0.490 e. The summed E-state index contributed by atoms with van der Waals surface area (Å²) in [7, 11) is 0. The van der Waals surface area contributed by atoms with Crippen molar-refractivity contribution in [2.75, 3.05) is 46.0 Å². The van der Waals surface area contributed by atoms with Gasteiger partial charge in [-0.15, -0.1) is 0 Å². The summed E-state index contributed by atoms with van der Waals surface area (Å²) in [6.07, 6.45) is 0.902. The van der Waals surface area contributed by atoms with Crippen LogP contribution in [0.2, 0.25) is 0 Å². The summed E-state index contributed by atoms with van der Waals surface area (Å²) in [5.74, 6) is 1.59. The number of piperazine rings is 1. The van der Waals surface area contributed by atoms with E-state index in [0.717, 1.165) is 49.7 Å². The van der Waals surface area contributed by atoms with Crippen molar-refractivity contribution in [1.29, 1.82) is 0 Å². The Morgan fingerprint density at radius 3 is 2.62 bits per heavy atom. The van der Waals surface area contributed by atoms with Crippen LogP contribution in [-0.2, 0) is 5.54 Å². The number of aliphatic hydroxyl groups is 1. The van der Waals surface area contributed by atoms with Crippen molar-refractivity contribution < 1.29 is 14.6 Å². The molecule has 0 amide bonds. The lowest BCUT2D eigenvalue weighted by atomic mass is 9.90. The van der Waals surface area contributed by atoms with Crippen LogP contribution in [0.4, 0.5) is 0 Å². The molecule has 1 aromatic rings. The summed E-state index contributed by atoms with van der Waals surface area (Å²) in [4.78, 5) is 2.34. The molecule has 2 aliphatic heterocycles. The average Bonchev–Trinajstić information content (AvgIpc) is 2.79. The number of fused-ring (bicyclic) bond motifs is 1. The van der Waals surface area contributed by atoms with Crippen molar-refractivity contribution in [3.63, 3.8) is 0 Å². The van der Waals surface area contributed by atoms with Gasteiger partial charge in [-0.2, -0.15) is 0 Å². The first-order valence-corrected chi connectivity index (χ1v) is 7.71. The number of benzene rings is 1. The quantitative estimate of drug-likeness (QED) is 0.869.